The third-order valence-corrected chi connectivity index (χ3v) is 3.29. The Morgan fingerprint density at radius 1 is 1.56 bits per heavy atom. The van der Waals surface area contributed by atoms with Crippen molar-refractivity contribution in [2.45, 2.75) is 18.4 Å². The second kappa shape index (κ2) is 5.16. The molecule has 2 rings (SSSR count). The molecule has 0 unspecified atom stereocenters. The molecule has 4 nitrogen and oxygen atoms in total. The summed E-state index contributed by atoms with van der Waals surface area (Å²) in [4.78, 5) is 13.5. The van der Waals surface area contributed by atoms with Crippen molar-refractivity contribution < 1.29 is 9.53 Å². The summed E-state index contributed by atoms with van der Waals surface area (Å²) < 4.78 is 5.52. The molecule has 1 aliphatic carbocycles. The number of amides is 1. The zero-order valence-electron chi connectivity index (χ0n) is 10.4. The topological polar surface area (TPSA) is 55.6 Å². The number of nitrogens with zero attached hydrogens (tertiary/aromatic N) is 1. The van der Waals surface area contributed by atoms with Crippen molar-refractivity contribution in [3.8, 4) is 5.75 Å². The summed E-state index contributed by atoms with van der Waals surface area (Å²) in [5.74, 6) is 0.703. The Labute approximate surface area is 112 Å². The number of likely N-dealkylation sites (N-methyl/N-ethyl adjacent to an activating group) is 1. The Morgan fingerprint density at radius 3 is 2.89 bits per heavy atom. The van der Waals surface area contributed by atoms with Crippen LogP contribution in [-0.2, 0) is 4.79 Å². The van der Waals surface area contributed by atoms with Gasteiger partial charge in [-0.1, -0.05) is 17.7 Å². The van der Waals surface area contributed by atoms with Gasteiger partial charge in [0.2, 0.25) is 5.91 Å². The van der Waals surface area contributed by atoms with Crippen molar-refractivity contribution in [1.29, 1.82) is 0 Å². The SMILES string of the molecule is CN(CCOc1cccc(Cl)c1)C(=O)C1(N)CC1. The van der Waals surface area contributed by atoms with Gasteiger partial charge in [0.1, 0.15) is 12.4 Å². The molecule has 98 valence electrons. The first-order chi connectivity index (χ1) is 8.51. The van der Waals surface area contributed by atoms with E-state index in [0.717, 1.165) is 12.8 Å². The highest BCUT2D eigenvalue weighted by molar-refractivity contribution is 6.30. The lowest BCUT2D eigenvalue weighted by atomic mass is 10.2. The van der Waals surface area contributed by atoms with Crippen molar-refractivity contribution in [2.75, 3.05) is 20.2 Å². The predicted octanol–water partition coefficient (Wildman–Crippen LogP) is 1.67. The van der Waals surface area contributed by atoms with Gasteiger partial charge in [0.15, 0.2) is 0 Å². The largest absolute Gasteiger partial charge is 0.492 e. The van der Waals surface area contributed by atoms with Gasteiger partial charge in [-0.3, -0.25) is 4.79 Å². The number of halogens is 1. The summed E-state index contributed by atoms with van der Waals surface area (Å²) in [5.41, 5.74) is 5.24. The van der Waals surface area contributed by atoms with Gasteiger partial charge in [0.25, 0.3) is 0 Å². The van der Waals surface area contributed by atoms with Crippen molar-refractivity contribution in [3.63, 3.8) is 0 Å². The molecule has 5 heteroatoms. The number of hydrogen-bond donors (Lipinski definition) is 1. The second-order valence-corrected chi connectivity index (χ2v) is 5.13. The molecule has 0 aliphatic heterocycles. The molecule has 1 aromatic rings. The molecule has 0 atom stereocenters. The van der Waals surface area contributed by atoms with E-state index < -0.39 is 5.54 Å². The van der Waals surface area contributed by atoms with Gasteiger partial charge in [-0.2, -0.15) is 0 Å². The maximum Gasteiger partial charge on any atom is 0.242 e. The van der Waals surface area contributed by atoms with E-state index in [1.54, 1.807) is 24.1 Å². The fourth-order valence-electron chi connectivity index (χ4n) is 1.69. The fourth-order valence-corrected chi connectivity index (χ4v) is 1.87. The minimum absolute atomic E-state index is 0.00260. The number of rotatable bonds is 5. The van der Waals surface area contributed by atoms with E-state index in [2.05, 4.69) is 0 Å². The molecule has 2 N–H and O–H groups in total. The average Bonchev–Trinajstić information content (AvgIpc) is 3.07. The Balaban J connectivity index is 1.77. The molecule has 1 aromatic carbocycles. The van der Waals surface area contributed by atoms with Crippen molar-refractivity contribution in [3.05, 3.63) is 29.3 Å². The standard InChI is InChI=1S/C13H17ClN2O2/c1-16(12(17)13(15)5-6-13)7-8-18-11-4-2-3-10(14)9-11/h2-4,9H,5-8,15H2,1H3. The Kier molecular flexibility index (Phi) is 3.78. The minimum Gasteiger partial charge on any atom is -0.492 e. The monoisotopic (exact) mass is 268 g/mol. The highest BCUT2D eigenvalue weighted by atomic mass is 35.5. The molecule has 0 aromatic heterocycles. The molecule has 0 radical (unpaired) electrons. The lowest BCUT2D eigenvalue weighted by molar-refractivity contribution is -0.132. The Hall–Kier alpha value is -1.26. The van der Waals surface area contributed by atoms with E-state index in [9.17, 15) is 4.79 Å². The highest BCUT2D eigenvalue weighted by Gasteiger charge is 2.47. The normalized spacial score (nSPS) is 16.2. The van der Waals surface area contributed by atoms with Gasteiger partial charge in [0.05, 0.1) is 12.1 Å². The molecule has 0 spiro atoms. The molecule has 1 fully saturated rings. The van der Waals surface area contributed by atoms with Crippen molar-refractivity contribution in [2.24, 2.45) is 5.73 Å². The molecular formula is C13H17ClN2O2. The summed E-state index contributed by atoms with van der Waals surface area (Å²) >= 11 is 5.84. The molecule has 1 saturated carbocycles. The van der Waals surface area contributed by atoms with E-state index in [1.807, 2.05) is 12.1 Å². The molecule has 1 amide bonds. The first kappa shape index (κ1) is 13.2. The summed E-state index contributed by atoms with van der Waals surface area (Å²) in [7, 11) is 1.75. The van der Waals surface area contributed by atoms with Crippen LogP contribution in [0.1, 0.15) is 12.8 Å². The van der Waals surface area contributed by atoms with E-state index in [1.165, 1.54) is 0 Å². The number of nitrogens with two attached hydrogens (primary N) is 1. The van der Waals surface area contributed by atoms with Crippen LogP contribution in [0.15, 0.2) is 24.3 Å². The van der Waals surface area contributed by atoms with Gasteiger partial charge in [-0.15, -0.1) is 0 Å². The highest BCUT2D eigenvalue weighted by Crippen LogP contribution is 2.33. The quantitative estimate of drug-likeness (QED) is 0.884. The van der Waals surface area contributed by atoms with E-state index >= 15 is 0 Å². The zero-order valence-corrected chi connectivity index (χ0v) is 11.1. The third-order valence-electron chi connectivity index (χ3n) is 3.05. The number of carbonyl (C=O) groups is 1. The van der Waals surface area contributed by atoms with Gasteiger partial charge in [-0.25, -0.2) is 0 Å². The second-order valence-electron chi connectivity index (χ2n) is 4.69. The fraction of sp³-hybridized carbons (Fsp3) is 0.462. The van der Waals surface area contributed by atoms with Crippen LogP contribution >= 0.6 is 11.6 Å². The summed E-state index contributed by atoms with van der Waals surface area (Å²) in [6.45, 7) is 0.947. The number of carbonyl (C=O) groups excluding carboxylic acids is 1. The number of ether oxygens (including phenoxy) is 1. The van der Waals surface area contributed by atoms with Crippen LogP contribution in [-0.4, -0.2) is 36.5 Å². The van der Waals surface area contributed by atoms with Crippen molar-refractivity contribution >= 4 is 17.5 Å². The number of hydrogen-bond acceptors (Lipinski definition) is 3. The van der Waals surface area contributed by atoms with Crippen LogP contribution in [0.3, 0.4) is 0 Å². The summed E-state index contributed by atoms with van der Waals surface area (Å²) in [5, 5.41) is 0.635. The predicted molar refractivity (Wildman–Crippen MR) is 70.7 cm³/mol. The number of benzene rings is 1. The van der Waals surface area contributed by atoms with Crippen molar-refractivity contribution in [1.82, 2.24) is 4.90 Å². The Bertz CT molecular complexity index is 446. The average molecular weight is 269 g/mol. The van der Waals surface area contributed by atoms with Crippen LogP contribution < -0.4 is 10.5 Å². The van der Waals surface area contributed by atoms with Crippen LogP contribution in [0, 0.1) is 0 Å². The van der Waals surface area contributed by atoms with Gasteiger partial charge < -0.3 is 15.4 Å². The summed E-state index contributed by atoms with van der Waals surface area (Å²) in [6, 6.07) is 7.19. The Morgan fingerprint density at radius 2 is 2.28 bits per heavy atom. The lowest BCUT2D eigenvalue weighted by Gasteiger charge is -2.20. The van der Waals surface area contributed by atoms with Gasteiger partial charge >= 0.3 is 0 Å². The maximum atomic E-state index is 11.8. The minimum atomic E-state index is -0.606. The van der Waals surface area contributed by atoms with Crippen LogP contribution in [0.5, 0.6) is 5.75 Å². The van der Waals surface area contributed by atoms with Gasteiger partial charge in [0, 0.05) is 12.1 Å². The van der Waals surface area contributed by atoms with E-state index in [4.69, 9.17) is 22.1 Å². The summed E-state index contributed by atoms with van der Waals surface area (Å²) in [6.07, 6.45) is 1.57. The molecule has 18 heavy (non-hydrogen) atoms. The first-order valence-corrected chi connectivity index (χ1v) is 6.32. The zero-order chi connectivity index (χ0) is 13.2. The van der Waals surface area contributed by atoms with Crippen LogP contribution in [0.2, 0.25) is 5.02 Å². The lowest BCUT2D eigenvalue weighted by Crippen LogP contribution is -2.45. The van der Waals surface area contributed by atoms with Crippen LogP contribution in [0.25, 0.3) is 0 Å². The molecule has 1 aliphatic rings. The van der Waals surface area contributed by atoms with E-state index in [0.29, 0.717) is 23.9 Å². The molecule has 0 saturated heterocycles. The molecule has 0 heterocycles. The maximum absolute atomic E-state index is 11.8. The third kappa shape index (κ3) is 3.15. The van der Waals surface area contributed by atoms with Crippen LogP contribution in [0.4, 0.5) is 0 Å². The molecular weight excluding hydrogens is 252 g/mol. The molecule has 0 bridgehead atoms. The smallest absolute Gasteiger partial charge is 0.242 e. The van der Waals surface area contributed by atoms with E-state index in [-0.39, 0.29) is 5.91 Å². The van der Waals surface area contributed by atoms with Gasteiger partial charge in [-0.05, 0) is 31.0 Å². The first-order valence-electron chi connectivity index (χ1n) is 5.94.